The van der Waals surface area contributed by atoms with Crippen LogP contribution in [0.3, 0.4) is 0 Å². The first kappa shape index (κ1) is 22.2. The number of piperazine rings is 1. The molecule has 1 saturated heterocycles. The van der Waals surface area contributed by atoms with Gasteiger partial charge in [-0.05, 0) is 29.8 Å². The van der Waals surface area contributed by atoms with Crippen molar-refractivity contribution >= 4 is 45.3 Å². The van der Waals surface area contributed by atoms with Crippen molar-refractivity contribution in [2.45, 2.75) is 4.87 Å². The summed E-state index contributed by atoms with van der Waals surface area (Å²) in [6.45, 7) is 2.08. The zero-order chi connectivity index (χ0) is 22.2. The van der Waals surface area contributed by atoms with Crippen LogP contribution in [0.15, 0.2) is 36.4 Å². The molecule has 8 nitrogen and oxygen atoms in total. The molecule has 0 radical (unpaired) electrons. The Hall–Kier alpha value is -2.04. The molecule has 0 saturated carbocycles. The van der Waals surface area contributed by atoms with Crippen molar-refractivity contribution in [3.8, 4) is 11.5 Å². The molecule has 2 aromatic carbocycles. The maximum absolute atomic E-state index is 12.5. The molecule has 0 spiro atoms. The molecule has 0 aromatic heterocycles. The first-order valence-electron chi connectivity index (χ1n) is 9.55. The van der Waals surface area contributed by atoms with Gasteiger partial charge in [-0.15, -0.1) is 0 Å². The van der Waals surface area contributed by atoms with Crippen LogP contribution in [0.5, 0.6) is 11.5 Å². The normalized spacial score (nSPS) is 19.0. The number of carbonyl (C=O) groups excluding carboxylic acids is 1. The first-order valence-corrected chi connectivity index (χ1v) is 11.7. The fraction of sp³-hybridized carbons (Fsp3) is 0.350. The van der Waals surface area contributed by atoms with Crippen molar-refractivity contribution in [3.05, 3.63) is 52.0 Å². The summed E-state index contributed by atoms with van der Waals surface area (Å²) in [5.41, 5.74) is 0.858. The van der Waals surface area contributed by atoms with Crippen LogP contribution >= 0.6 is 23.2 Å². The molecule has 2 aliphatic heterocycles. The van der Waals surface area contributed by atoms with Crippen molar-refractivity contribution in [1.29, 1.82) is 0 Å². The van der Waals surface area contributed by atoms with Crippen LogP contribution in [-0.2, 0) is 19.8 Å². The van der Waals surface area contributed by atoms with Crippen LogP contribution in [0.25, 0.3) is 0 Å². The van der Waals surface area contributed by atoms with E-state index in [1.807, 2.05) is 23.1 Å². The van der Waals surface area contributed by atoms with Crippen molar-refractivity contribution in [2.24, 2.45) is 0 Å². The van der Waals surface area contributed by atoms with Crippen LogP contribution in [0.1, 0.15) is 5.56 Å². The summed E-state index contributed by atoms with van der Waals surface area (Å²) in [5.74, 6) is 1.30. The van der Waals surface area contributed by atoms with Gasteiger partial charge in [-0.1, -0.05) is 35.3 Å². The SMILES string of the molecule is O=CC(c1ccc(Cl)c(Cl)c1)(N1CCN(c2cccc3c2OCCO3)CC1)S(=O)(=O)O. The number of nitrogens with zero attached hydrogens (tertiary/aromatic N) is 2. The highest BCUT2D eigenvalue weighted by molar-refractivity contribution is 7.87. The molecule has 31 heavy (non-hydrogen) atoms. The van der Waals surface area contributed by atoms with Crippen molar-refractivity contribution in [3.63, 3.8) is 0 Å². The molecular formula is C20H20Cl2N2O6S. The van der Waals surface area contributed by atoms with E-state index >= 15 is 0 Å². The number of para-hydroxylation sites is 1. The van der Waals surface area contributed by atoms with Gasteiger partial charge < -0.3 is 14.4 Å². The summed E-state index contributed by atoms with van der Waals surface area (Å²) < 4.78 is 46.5. The van der Waals surface area contributed by atoms with Crippen LogP contribution in [0, 0.1) is 0 Å². The van der Waals surface area contributed by atoms with Crippen LogP contribution in [0.4, 0.5) is 5.69 Å². The minimum absolute atomic E-state index is 0.0293. The number of ether oxygens (including phenoxy) is 2. The minimum Gasteiger partial charge on any atom is -0.486 e. The van der Waals surface area contributed by atoms with E-state index < -0.39 is 15.0 Å². The van der Waals surface area contributed by atoms with Crippen LogP contribution < -0.4 is 14.4 Å². The second-order valence-corrected chi connectivity index (χ2v) is 9.58. The molecule has 2 aliphatic rings. The van der Waals surface area contributed by atoms with Gasteiger partial charge in [0.05, 0.1) is 15.7 Å². The summed E-state index contributed by atoms with van der Waals surface area (Å²) in [4.78, 5) is 13.4. The molecule has 1 atom stereocenters. The first-order chi connectivity index (χ1) is 14.8. The molecule has 2 aromatic rings. The number of halogens is 2. The number of anilines is 1. The number of aldehydes is 1. The number of benzene rings is 2. The average molecular weight is 487 g/mol. The summed E-state index contributed by atoms with van der Waals surface area (Å²) in [6, 6.07) is 9.65. The molecule has 2 heterocycles. The van der Waals surface area contributed by atoms with Gasteiger partial charge in [0.2, 0.25) is 4.87 Å². The number of hydrogen-bond acceptors (Lipinski definition) is 7. The number of fused-ring (bicyclic) bond motifs is 1. The van der Waals surface area contributed by atoms with Gasteiger partial charge in [0.15, 0.2) is 17.8 Å². The van der Waals surface area contributed by atoms with E-state index in [1.165, 1.54) is 23.1 Å². The number of hydrogen-bond donors (Lipinski definition) is 1. The smallest absolute Gasteiger partial charge is 0.295 e. The fourth-order valence-corrected chi connectivity index (χ4v) is 5.36. The molecule has 0 amide bonds. The highest BCUT2D eigenvalue weighted by atomic mass is 35.5. The van der Waals surface area contributed by atoms with E-state index in [-0.39, 0.29) is 35.0 Å². The zero-order valence-electron chi connectivity index (χ0n) is 16.3. The van der Waals surface area contributed by atoms with Crippen molar-refractivity contribution < 1.29 is 27.2 Å². The van der Waals surface area contributed by atoms with Gasteiger partial charge in [-0.25, -0.2) is 0 Å². The Morgan fingerprint density at radius 3 is 2.35 bits per heavy atom. The lowest BCUT2D eigenvalue weighted by molar-refractivity contribution is -0.115. The van der Waals surface area contributed by atoms with Crippen molar-refractivity contribution in [1.82, 2.24) is 4.90 Å². The third-order valence-corrected chi connectivity index (χ3v) is 7.64. The van der Waals surface area contributed by atoms with Gasteiger partial charge in [0.1, 0.15) is 13.2 Å². The maximum Gasteiger partial charge on any atom is 0.295 e. The Balaban J connectivity index is 1.65. The van der Waals surface area contributed by atoms with Crippen LogP contribution in [-0.4, -0.2) is 63.5 Å². The van der Waals surface area contributed by atoms with E-state index in [1.54, 1.807) is 0 Å². The Morgan fingerprint density at radius 1 is 1.00 bits per heavy atom. The second-order valence-electron chi connectivity index (χ2n) is 7.19. The molecule has 4 rings (SSSR count). The quantitative estimate of drug-likeness (QED) is 0.508. The lowest BCUT2D eigenvalue weighted by Crippen LogP contribution is -2.59. The molecule has 11 heteroatoms. The second kappa shape index (κ2) is 8.48. The van der Waals surface area contributed by atoms with Gasteiger partial charge >= 0.3 is 0 Å². The van der Waals surface area contributed by atoms with E-state index in [0.29, 0.717) is 37.8 Å². The summed E-state index contributed by atoms with van der Waals surface area (Å²) in [7, 11) is -4.86. The molecule has 0 aliphatic carbocycles. The third-order valence-electron chi connectivity index (χ3n) is 5.52. The van der Waals surface area contributed by atoms with E-state index in [4.69, 9.17) is 32.7 Å². The minimum atomic E-state index is -4.86. The Labute approximate surface area is 190 Å². The predicted octanol–water partition coefficient (Wildman–Crippen LogP) is 2.83. The lowest BCUT2D eigenvalue weighted by atomic mass is 10.0. The Kier molecular flexibility index (Phi) is 6.06. The van der Waals surface area contributed by atoms with Gasteiger partial charge in [0.25, 0.3) is 10.1 Å². The number of carbonyl (C=O) groups is 1. The zero-order valence-corrected chi connectivity index (χ0v) is 18.7. The average Bonchev–Trinajstić information content (AvgIpc) is 2.76. The summed E-state index contributed by atoms with van der Waals surface area (Å²) >= 11 is 12.0. The summed E-state index contributed by atoms with van der Waals surface area (Å²) in [6.07, 6.45) is 0.235. The van der Waals surface area contributed by atoms with Gasteiger partial charge in [0, 0.05) is 26.2 Å². The van der Waals surface area contributed by atoms with E-state index in [9.17, 15) is 17.8 Å². The Morgan fingerprint density at radius 2 is 1.71 bits per heavy atom. The molecule has 166 valence electrons. The highest BCUT2D eigenvalue weighted by Crippen LogP contribution is 2.41. The fourth-order valence-electron chi connectivity index (χ4n) is 4.00. The molecule has 0 bridgehead atoms. The molecular weight excluding hydrogens is 467 g/mol. The lowest BCUT2D eigenvalue weighted by Gasteiger charge is -2.44. The predicted molar refractivity (Wildman–Crippen MR) is 117 cm³/mol. The molecule has 1 N–H and O–H groups in total. The third kappa shape index (κ3) is 3.85. The largest absolute Gasteiger partial charge is 0.486 e. The molecule has 1 fully saturated rings. The van der Waals surface area contributed by atoms with Gasteiger partial charge in [-0.3, -0.25) is 14.2 Å². The van der Waals surface area contributed by atoms with Crippen LogP contribution in [0.2, 0.25) is 10.0 Å². The number of rotatable bonds is 5. The van der Waals surface area contributed by atoms with Gasteiger partial charge in [-0.2, -0.15) is 8.42 Å². The Bertz CT molecular complexity index is 1100. The highest BCUT2D eigenvalue weighted by Gasteiger charge is 2.51. The topological polar surface area (TPSA) is 96.4 Å². The molecule has 1 unspecified atom stereocenters. The van der Waals surface area contributed by atoms with Crippen molar-refractivity contribution in [2.75, 3.05) is 44.3 Å². The summed E-state index contributed by atoms with van der Waals surface area (Å²) in [5, 5.41) is 0.294. The maximum atomic E-state index is 12.5. The van der Waals surface area contributed by atoms with E-state index in [0.717, 1.165) is 5.69 Å². The standard InChI is InChI=1S/C20H20Cl2N2O6S/c21-15-5-4-14(12-16(15)22)20(13-25,31(26,27)28)24-8-6-23(7-9-24)17-2-1-3-18-19(17)30-11-10-29-18/h1-5,12-13H,6-11H2,(H,26,27,28). The monoisotopic (exact) mass is 486 g/mol. The van der Waals surface area contributed by atoms with E-state index in [2.05, 4.69) is 0 Å².